The van der Waals surface area contributed by atoms with E-state index in [9.17, 15) is 4.79 Å². The van der Waals surface area contributed by atoms with Crippen molar-refractivity contribution in [3.63, 3.8) is 0 Å². The zero-order valence-electron chi connectivity index (χ0n) is 9.66. The Kier molecular flexibility index (Phi) is 4.53. The van der Waals surface area contributed by atoms with Crippen LogP contribution in [-0.2, 0) is 6.42 Å². The topological polar surface area (TPSA) is 52.9 Å². The number of hydrogen-bond acceptors (Lipinski definition) is 2. The van der Waals surface area contributed by atoms with E-state index in [0.717, 1.165) is 12.0 Å². The van der Waals surface area contributed by atoms with Gasteiger partial charge in [0.05, 0.1) is 12.5 Å². The van der Waals surface area contributed by atoms with Gasteiger partial charge in [0.2, 0.25) is 0 Å². The zero-order valence-corrected chi connectivity index (χ0v) is 9.66. The summed E-state index contributed by atoms with van der Waals surface area (Å²) in [6.45, 7) is 3.98. The van der Waals surface area contributed by atoms with Gasteiger partial charge in [-0.05, 0) is 25.0 Å². The van der Waals surface area contributed by atoms with Crippen LogP contribution in [0.4, 0.5) is 0 Å². The van der Waals surface area contributed by atoms with Gasteiger partial charge >= 0.3 is 0 Å². The second-order valence-electron chi connectivity index (χ2n) is 3.77. The van der Waals surface area contributed by atoms with Crippen LogP contribution in [0.1, 0.15) is 36.2 Å². The summed E-state index contributed by atoms with van der Waals surface area (Å²) in [5.74, 6) is -0.0970. The van der Waals surface area contributed by atoms with Crippen molar-refractivity contribution in [2.24, 2.45) is 0 Å². The van der Waals surface area contributed by atoms with E-state index in [4.69, 9.17) is 5.26 Å². The van der Waals surface area contributed by atoms with Crippen LogP contribution in [0.25, 0.3) is 0 Å². The molecule has 3 nitrogen and oxygen atoms in total. The van der Waals surface area contributed by atoms with E-state index in [1.165, 1.54) is 0 Å². The molecule has 0 bridgehead atoms. The molecule has 0 aliphatic heterocycles. The van der Waals surface area contributed by atoms with E-state index in [1.54, 1.807) is 6.07 Å². The molecule has 0 spiro atoms. The summed E-state index contributed by atoms with van der Waals surface area (Å²) in [6, 6.07) is 9.44. The molecular formula is C13H16N2O. The molecule has 1 unspecified atom stereocenters. The number of nitriles is 1. The van der Waals surface area contributed by atoms with Gasteiger partial charge in [-0.25, -0.2) is 0 Å². The third-order valence-corrected chi connectivity index (χ3v) is 2.52. The van der Waals surface area contributed by atoms with Gasteiger partial charge < -0.3 is 5.32 Å². The summed E-state index contributed by atoms with van der Waals surface area (Å²) in [7, 11) is 0. The van der Waals surface area contributed by atoms with Gasteiger partial charge in [0.1, 0.15) is 0 Å². The lowest BCUT2D eigenvalue weighted by Gasteiger charge is -2.12. The Bertz CT molecular complexity index is 407. The number of nitrogens with one attached hydrogen (secondary N) is 1. The Labute approximate surface area is 96.1 Å². The molecule has 0 aliphatic carbocycles. The van der Waals surface area contributed by atoms with Crippen molar-refractivity contribution < 1.29 is 4.79 Å². The standard InChI is InChI=1S/C13H16N2O/c1-3-10(2)15-13(16)12-7-5-4-6-11(12)8-9-14/h4-7,10H,3,8H2,1-2H3,(H,15,16). The lowest BCUT2D eigenvalue weighted by atomic mass is 10.0. The van der Waals surface area contributed by atoms with Crippen molar-refractivity contribution in [3.05, 3.63) is 35.4 Å². The van der Waals surface area contributed by atoms with Gasteiger partial charge in [-0.15, -0.1) is 0 Å². The number of benzene rings is 1. The van der Waals surface area contributed by atoms with Crippen molar-refractivity contribution in [1.29, 1.82) is 5.26 Å². The molecular weight excluding hydrogens is 200 g/mol. The normalized spacial score (nSPS) is 11.6. The fraction of sp³-hybridized carbons (Fsp3) is 0.385. The van der Waals surface area contributed by atoms with E-state index in [0.29, 0.717) is 5.56 Å². The van der Waals surface area contributed by atoms with Crippen molar-refractivity contribution >= 4 is 5.91 Å². The lowest BCUT2D eigenvalue weighted by molar-refractivity contribution is 0.0938. The smallest absolute Gasteiger partial charge is 0.251 e. The molecule has 1 aromatic carbocycles. The van der Waals surface area contributed by atoms with E-state index in [1.807, 2.05) is 32.0 Å². The minimum Gasteiger partial charge on any atom is -0.350 e. The van der Waals surface area contributed by atoms with Crippen LogP contribution in [0.2, 0.25) is 0 Å². The van der Waals surface area contributed by atoms with Crippen LogP contribution in [0.5, 0.6) is 0 Å². The molecule has 1 aromatic rings. The van der Waals surface area contributed by atoms with Crippen LogP contribution < -0.4 is 5.32 Å². The minimum absolute atomic E-state index is 0.0970. The predicted molar refractivity (Wildman–Crippen MR) is 63.0 cm³/mol. The van der Waals surface area contributed by atoms with Crippen LogP contribution in [0.15, 0.2) is 24.3 Å². The predicted octanol–water partition coefficient (Wildman–Crippen LogP) is 2.28. The number of carbonyl (C=O) groups excluding carboxylic acids is 1. The van der Waals surface area contributed by atoms with Crippen molar-refractivity contribution in [3.8, 4) is 6.07 Å². The maximum absolute atomic E-state index is 11.9. The Morgan fingerprint density at radius 2 is 2.19 bits per heavy atom. The van der Waals surface area contributed by atoms with Crippen LogP contribution in [0.3, 0.4) is 0 Å². The molecule has 1 N–H and O–H groups in total. The molecule has 1 amide bonds. The molecule has 16 heavy (non-hydrogen) atoms. The molecule has 1 rings (SSSR count). The number of amides is 1. The first-order valence-electron chi connectivity index (χ1n) is 5.44. The van der Waals surface area contributed by atoms with Crippen molar-refractivity contribution in [2.75, 3.05) is 0 Å². The number of nitrogens with zero attached hydrogens (tertiary/aromatic N) is 1. The molecule has 0 aromatic heterocycles. The average molecular weight is 216 g/mol. The summed E-state index contributed by atoms with van der Waals surface area (Å²) < 4.78 is 0. The second kappa shape index (κ2) is 5.92. The van der Waals surface area contributed by atoms with Crippen LogP contribution in [0, 0.1) is 11.3 Å². The van der Waals surface area contributed by atoms with Gasteiger partial charge in [0.25, 0.3) is 5.91 Å². The number of hydrogen-bond donors (Lipinski definition) is 1. The third kappa shape index (κ3) is 3.09. The van der Waals surface area contributed by atoms with Gasteiger partial charge in [0, 0.05) is 11.6 Å². The van der Waals surface area contributed by atoms with E-state index < -0.39 is 0 Å². The largest absolute Gasteiger partial charge is 0.350 e. The summed E-state index contributed by atoms with van der Waals surface area (Å²) in [6.07, 6.45) is 1.16. The third-order valence-electron chi connectivity index (χ3n) is 2.52. The van der Waals surface area contributed by atoms with E-state index in [-0.39, 0.29) is 18.4 Å². The molecule has 1 atom stereocenters. The Morgan fingerprint density at radius 1 is 1.50 bits per heavy atom. The molecule has 0 fully saturated rings. The molecule has 0 heterocycles. The monoisotopic (exact) mass is 216 g/mol. The second-order valence-corrected chi connectivity index (χ2v) is 3.77. The molecule has 0 saturated carbocycles. The number of rotatable bonds is 4. The average Bonchev–Trinajstić information content (AvgIpc) is 2.30. The Hall–Kier alpha value is -1.82. The quantitative estimate of drug-likeness (QED) is 0.839. The Balaban J connectivity index is 2.86. The Morgan fingerprint density at radius 3 is 2.81 bits per heavy atom. The lowest BCUT2D eigenvalue weighted by Crippen LogP contribution is -2.32. The number of carbonyl (C=O) groups is 1. The first-order chi connectivity index (χ1) is 7.69. The summed E-state index contributed by atoms with van der Waals surface area (Å²) in [5, 5.41) is 11.6. The van der Waals surface area contributed by atoms with Gasteiger partial charge in [-0.3, -0.25) is 4.79 Å². The van der Waals surface area contributed by atoms with Crippen LogP contribution in [-0.4, -0.2) is 11.9 Å². The first-order valence-corrected chi connectivity index (χ1v) is 5.44. The van der Waals surface area contributed by atoms with Gasteiger partial charge in [-0.1, -0.05) is 25.1 Å². The summed E-state index contributed by atoms with van der Waals surface area (Å²) in [5.41, 5.74) is 1.38. The van der Waals surface area contributed by atoms with Crippen molar-refractivity contribution in [2.45, 2.75) is 32.7 Å². The van der Waals surface area contributed by atoms with E-state index in [2.05, 4.69) is 11.4 Å². The highest BCUT2D eigenvalue weighted by atomic mass is 16.1. The molecule has 84 valence electrons. The highest BCUT2D eigenvalue weighted by Gasteiger charge is 2.11. The summed E-state index contributed by atoms with van der Waals surface area (Å²) in [4.78, 5) is 11.9. The van der Waals surface area contributed by atoms with E-state index >= 15 is 0 Å². The van der Waals surface area contributed by atoms with Crippen LogP contribution >= 0.6 is 0 Å². The van der Waals surface area contributed by atoms with Crippen molar-refractivity contribution in [1.82, 2.24) is 5.32 Å². The zero-order chi connectivity index (χ0) is 12.0. The first kappa shape index (κ1) is 12.3. The highest BCUT2D eigenvalue weighted by molar-refractivity contribution is 5.95. The fourth-order valence-electron chi connectivity index (χ4n) is 1.38. The maximum atomic E-state index is 11.9. The highest BCUT2D eigenvalue weighted by Crippen LogP contribution is 2.09. The molecule has 0 saturated heterocycles. The maximum Gasteiger partial charge on any atom is 0.251 e. The molecule has 3 heteroatoms. The summed E-state index contributed by atoms with van der Waals surface area (Å²) >= 11 is 0. The minimum atomic E-state index is -0.0970. The molecule has 0 aliphatic rings. The molecule has 0 radical (unpaired) electrons. The van der Waals surface area contributed by atoms with Gasteiger partial charge in [0.15, 0.2) is 0 Å². The SMILES string of the molecule is CCC(C)NC(=O)c1ccccc1CC#N. The van der Waals surface area contributed by atoms with Gasteiger partial charge in [-0.2, -0.15) is 5.26 Å². The fourth-order valence-corrected chi connectivity index (χ4v) is 1.38.